The molecule has 0 aliphatic heterocycles. The number of anilines is 2. The summed E-state index contributed by atoms with van der Waals surface area (Å²) in [5.74, 6) is -2.91. The number of ketones is 1. The fourth-order valence-corrected chi connectivity index (χ4v) is 3.71. The third-order valence-corrected chi connectivity index (χ3v) is 5.52. The van der Waals surface area contributed by atoms with Crippen LogP contribution in [0.2, 0.25) is 0 Å². The number of hydrogen-bond acceptors (Lipinski definition) is 5. The molecule has 3 aromatic carbocycles. The van der Waals surface area contributed by atoms with E-state index in [1.165, 1.54) is 31.2 Å². The maximum absolute atomic E-state index is 14.3. The average Bonchev–Trinajstić information content (AvgIpc) is 2.76. The molecule has 0 heterocycles. The zero-order valence-corrected chi connectivity index (χ0v) is 18.3. The van der Waals surface area contributed by atoms with E-state index in [0.717, 1.165) is 0 Å². The molecular formula is C24H18F6N2O4. The summed E-state index contributed by atoms with van der Waals surface area (Å²) in [7, 11) is 0. The van der Waals surface area contributed by atoms with Crippen molar-refractivity contribution in [2.45, 2.75) is 24.7 Å². The van der Waals surface area contributed by atoms with E-state index in [1.807, 2.05) is 0 Å². The number of carbonyl (C=O) groups is 2. The molecule has 3 aromatic rings. The van der Waals surface area contributed by atoms with Gasteiger partial charge in [-0.05, 0) is 54.4 Å². The van der Waals surface area contributed by atoms with Crippen LogP contribution in [0.5, 0.6) is 11.5 Å². The van der Waals surface area contributed by atoms with Gasteiger partial charge in [0.05, 0.1) is 11.4 Å². The Hall–Kier alpha value is -4.22. The number of alkyl halides is 6. The number of phenols is 2. The first kappa shape index (κ1) is 26.4. The molecule has 3 rings (SSSR count). The van der Waals surface area contributed by atoms with E-state index in [9.17, 15) is 46.1 Å². The van der Waals surface area contributed by atoms with Crippen molar-refractivity contribution < 1.29 is 46.1 Å². The lowest BCUT2D eigenvalue weighted by Crippen LogP contribution is -2.54. The number of nitrogen functional groups attached to an aromatic ring is 1. The first-order valence-corrected chi connectivity index (χ1v) is 10.1. The Bertz CT molecular complexity index is 1320. The number of nitrogens with two attached hydrogens (primary N) is 1. The van der Waals surface area contributed by atoms with Crippen LogP contribution in [-0.4, -0.2) is 34.3 Å². The summed E-state index contributed by atoms with van der Waals surface area (Å²) in [6.07, 6.45) is -11.9. The summed E-state index contributed by atoms with van der Waals surface area (Å²) in [5.41, 5.74) is -3.41. The van der Waals surface area contributed by atoms with Crippen LogP contribution >= 0.6 is 0 Å². The molecule has 0 aliphatic carbocycles. The highest BCUT2D eigenvalue weighted by Gasteiger charge is 2.72. The van der Waals surface area contributed by atoms with Crippen molar-refractivity contribution in [3.63, 3.8) is 0 Å². The maximum atomic E-state index is 14.3. The van der Waals surface area contributed by atoms with Gasteiger partial charge in [0.15, 0.2) is 5.78 Å². The minimum atomic E-state index is -5.97. The molecule has 0 saturated heterocycles. The Labute approximate surface area is 200 Å². The van der Waals surface area contributed by atoms with Gasteiger partial charge in [-0.15, -0.1) is 0 Å². The summed E-state index contributed by atoms with van der Waals surface area (Å²) in [6, 6.07) is 7.94. The number of benzene rings is 3. The molecule has 0 spiro atoms. The summed E-state index contributed by atoms with van der Waals surface area (Å²) in [5, 5.41) is 21.7. The molecule has 0 aromatic heterocycles. The number of aromatic hydroxyl groups is 2. The van der Waals surface area contributed by atoms with Crippen LogP contribution in [0.3, 0.4) is 0 Å². The zero-order chi connectivity index (χ0) is 27.1. The number of phenolic OH excluding ortho intramolecular Hbond substituents is 2. The molecule has 190 valence electrons. The predicted octanol–water partition coefficient (Wildman–Crippen LogP) is 5.55. The Morgan fingerprint density at radius 1 is 0.778 bits per heavy atom. The highest BCUT2D eigenvalue weighted by Crippen LogP contribution is 2.57. The van der Waals surface area contributed by atoms with Crippen LogP contribution in [0.15, 0.2) is 60.7 Å². The monoisotopic (exact) mass is 512 g/mol. The Balaban J connectivity index is 2.20. The molecule has 5 N–H and O–H groups in total. The smallest absolute Gasteiger partial charge is 0.411 e. The summed E-state index contributed by atoms with van der Waals surface area (Å²) >= 11 is 0. The number of hydrogen-bond donors (Lipinski definition) is 4. The molecule has 0 unspecified atom stereocenters. The molecule has 1 amide bonds. The van der Waals surface area contributed by atoms with Gasteiger partial charge in [-0.1, -0.05) is 24.3 Å². The molecule has 12 heteroatoms. The first-order valence-electron chi connectivity index (χ1n) is 10.1. The number of rotatable bonds is 5. The minimum Gasteiger partial charge on any atom is -0.506 e. The minimum absolute atomic E-state index is 0.128. The summed E-state index contributed by atoms with van der Waals surface area (Å²) in [4.78, 5) is 24.2. The van der Waals surface area contributed by atoms with E-state index in [-0.39, 0.29) is 16.9 Å². The highest BCUT2D eigenvalue weighted by atomic mass is 19.4. The van der Waals surface area contributed by atoms with E-state index >= 15 is 0 Å². The van der Waals surface area contributed by atoms with Crippen molar-refractivity contribution >= 4 is 23.1 Å². The Kier molecular flexibility index (Phi) is 6.67. The molecule has 0 atom stereocenters. The molecule has 0 fully saturated rings. The first-order chi connectivity index (χ1) is 16.6. The van der Waals surface area contributed by atoms with E-state index in [1.54, 1.807) is 0 Å². The van der Waals surface area contributed by atoms with Gasteiger partial charge in [-0.2, -0.15) is 26.3 Å². The summed E-state index contributed by atoms with van der Waals surface area (Å²) in [6.45, 7) is 1.23. The van der Waals surface area contributed by atoms with Gasteiger partial charge in [0.25, 0.3) is 5.91 Å². The second-order valence-corrected chi connectivity index (χ2v) is 7.84. The van der Waals surface area contributed by atoms with Crippen molar-refractivity contribution in [3.05, 3.63) is 82.9 Å². The van der Waals surface area contributed by atoms with Crippen molar-refractivity contribution in [2.24, 2.45) is 0 Å². The van der Waals surface area contributed by atoms with Crippen molar-refractivity contribution in [2.75, 3.05) is 11.1 Å². The van der Waals surface area contributed by atoms with Crippen LogP contribution in [0.4, 0.5) is 37.7 Å². The lowest BCUT2D eigenvalue weighted by Gasteiger charge is -2.38. The van der Waals surface area contributed by atoms with Crippen molar-refractivity contribution in [1.82, 2.24) is 0 Å². The van der Waals surface area contributed by atoms with Crippen molar-refractivity contribution in [3.8, 4) is 11.5 Å². The third-order valence-electron chi connectivity index (χ3n) is 5.52. The van der Waals surface area contributed by atoms with Gasteiger partial charge in [-0.3, -0.25) is 9.59 Å². The van der Waals surface area contributed by atoms with Crippen LogP contribution in [0, 0.1) is 0 Å². The van der Waals surface area contributed by atoms with Gasteiger partial charge in [-0.25, -0.2) is 0 Å². The summed E-state index contributed by atoms with van der Waals surface area (Å²) < 4.78 is 86.1. The second-order valence-electron chi connectivity index (χ2n) is 7.84. The van der Waals surface area contributed by atoms with E-state index in [4.69, 9.17) is 5.73 Å². The number of halogens is 6. The maximum Gasteiger partial charge on any atom is 0.411 e. The Morgan fingerprint density at radius 2 is 1.31 bits per heavy atom. The molecule has 0 radical (unpaired) electrons. The van der Waals surface area contributed by atoms with Gasteiger partial charge in [0, 0.05) is 11.1 Å². The van der Waals surface area contributed by atoms with Gasteiger partial charge >= 0.3 is 12.4 Å². The Morgan fingerprint density at radius 3 is 1.83 bits per heavy atom. The van der Waals surface area contributed by atoms with E-state index in [2.05, 4.69) is 5.32 Å². The highest BCUT2D eigenvalue weighted by molar-refractivity contribution is 6.06. The second kappa shape index (κ2) is 9.10. The van der Waals surface area contributed by atoms with E-state index < -0.39 is 57.7 Å². The van der Waals surface area contributed by atoms with Gasteiger partial charge < -0.3 is 21.3 Å². The number of carbonyl (C=O) groups excluding carboxylic acids is 2. The van der Waals surface area contributed by atoms with Crippen LogP contribution < -0.4 is 11.1 Å². The average molecular weight is 512 g/mol. The molecule has 0 bridgehead atoms. The van der Waals surface area contributed by atoms with Crippen LogP contribution in [0.25, 0.3) is 0 Å². The van der Waals surface area contributed by atoms with Crippen molar-refractivity contribution in [1.29, 1.82) is 0 Å². The fraction of sp³-hybridized carbons (Fsp3) is 0.167. The number of Topliss-reactive ketones (excluding diaryl/α,β-unsaturated/α-hetero) is 1. The zero-order valence-electron chi connectivity index (χ0n) is 18.3. The third kappa shape index (κ3) is 4.53. The molecule has 6 nitrogen and oxygen atoms in total. The molecule has 0 aliphatic rings. The molecule has 36 heavy (non-hydrogen) atoms. The SMILES string of the molecule is CC(=O)c1cccc(C(=O)Nc2cc(C(c3ccc(O)c(N)c3)(C(F)(F)F)C(F)(F)F)ccc2O)c1. The number of nitrogens with one attached hydrogen (secondary N) is 1. The normalized spacial score (nSPS) is 12.3. The quantitative estimate of drug-likeness (QED) is 0.155. The number of amides is 1. The standard InChI is InChI=1S/C24H18F6N2O4/c1-12(33)13-3-2-4-14(9-13)21(36)32-18-11-16(6-8-20(18)35)22(23(25,26)27,24(28,29)30)15-5-7-19(34)17(31)10-15/h2-11,34-35H,31H2,1H3,(H,32,36). The molecule has 0 saturated carbocycles. The van der Waals surface area contributed by atoms with Gasteiger partial charge in [0.2, 0.25) is 5.41 Å². The van der Waals surface area contributed by atoms with Crippen LogP contribution in [-0.2, 0) is 5.41 Å². The lowest BCUT2D eigenvalue weighted by atomic mass is 9.72. The van der Waals surface area contributed by atoms with Gasteiger partial charge in [0.1, 0.15) is 11.5 Å². The predicted molar refractivity (Wildman–Crippen MR) is 118 cm³/mol. The lowest BCUT2D eigenvalue weighted by molar-refractivity contribution is -0.288. The largest absolute Gasteiger partial charge is 0.506 e. The van der Waals surface area contributed by atoms with Crippen LogP contribution in [0.1, 0.15) is 38.8 Å². The molecular weight excluding hydrogens is 494 g/mol. The van der Waals surface area contributed by atoms with E-state index in [0.29, 0.717) is 36.4 Å². The topological polar surface area (TPSA) is 113 Å². The fourth-order valence-electron chi connectivity index (χ4n) is 3.71.